The first kappa shape index (κ1) is 16.8. The number of amides is 2. The van der Waals surface area contributed by atoms with Crippen molar-refractivity contribution in [2.24, 2.45) is 0 Å². The molecule has 24 heavy (non-hydrogen) atoms. The van der Waals surface area contributed by atoms with E-state index in [2.05, 4.69) is 5.32 Å². The zero-order valence-corrected chi connectivity index (χ0v) is 13.8. The molecule has 2 heterocycles. The van der Waals surface area contributed by atoms with Gasteiger partial charge in [-0.3, -0.25) is 4.79 Å². The number of hydrogen-bond acceptors (Lipinski definition) is 4. The van der Waals surface area contributed by atoms with Crippen LogP contribution in [0.3, 0.4) is 0 Å². The molecule has 2 amide bonds. The molecule has 6 nitrogen and oxygen atoms in total. The number of nitrogens with zero attached hydrogens (tertiary/aromatic N) is 1. The molecule has 130 valence electrons. The molecule has 1 unspecified atom stereocenters. The van der Waals surface area contributed by atoms with E-state index in [0.717, 1.165) is 31.2 Å². The Balaban J connectivity index is 1.37. The standard InChI is InChI=1S/C18H24N2O4/c21-17(16-7-4-12-23-16)20-10-8-15(9-11-20)19-18(22)24-13-14-5-2-1-3-6-14/h1-3,5-6,15-16H,4,7-13H2,(H,19,22). The van der Waals surface area contributed by atoms with Crippen LogP contribution in [0.4, 0.5) is 4.79 Å². The lowest BCUT2D eigenvalue weighted by atomic mass is 10.0. The maximum atomic E-state index is 12.3. The van der Waals surface area contributed by atoms with E-state index in [-0.39, 0.29) is 24.7 Å². The molecule has 0 aromatic heterocycles. The van der Waals surface area contributed by atoms with Crippen LogP contribution in [0, 0.1) is 0 Å². The van der Waals surface area contributed by atoms with Gasteiger partial charge in [-0.1, -0.05) is 30.3 Å². The van der Waals surface area contributed by atoms with E-state index < -0.39 is 6.09 Å². The molecule has 6 heteroatoms. The summed E-state index contributed by atoms with van der Waals surface area (Å²) in [7, 11) is 0. The van der Waals surface area contributed by atoms with Crippen LogP contribution in [0.5, 0.6) is 0 Å². The predicted octanol–water partition coefficient (Wildman–Crippen LogP) is 2.08. The van der Waals surface area contributed by atoms with E-state index in [1.807, 2.05) is 35.2 Å². The number of benzene rings is 1. The van der Waals surface area contributed by atoms with Gasteiger partial charge in [0.2, 0.25) is 0 Å². The van der Waals surface area contributed by atoms with Gasteiger partial charge in [0.25, 0.3) is 5.91 Å². The first-order valence-electron chi connectivity index (χ1n) is 8.60. The molecular weight excluding hydrogens is 308 g/mol. The van der Waals surface area contributed by atoms with E-state index >= 15 is 0 Å². The van der Waals surface area contributed by atoms with Crippen molar-refractivity contribution < 1.29 is 19.1 Å². The third kappa shape index (κ3) is 4.47. The van der Waals surface area contributed by atoms with E-state index in [1.54, 1.807) is 0 Å². The van der Waals surface area contributed by atoms with Crippen LogP contribution in [0.15, 0.2) is 30.3 Å². The van der Waals surface area contributed by atoms with E-state index in [9.17, 15) is 9.59 Å². The Morgan fingerprint density at radius 1 is 1.17 bits per heavy atom. The van der Waals surface area contributed by atoms with Crippen molar-refractivity contribution in [1.82, 2.24) is 10.2 Å². The molecule has 2 aliphatic rings. The molecule has 0 radical (unpaired) electrons. The summed E-state index contributed by atoms with van der Waals surface area (Å²) in [6, 6.07) is 9.65. The Kier molecular flexibility index (Phi) is 5.69. The highest BCUT2D eigenvalue weighted by Crippen LogP contribution is 2.18. The van der Waals surface area contributed by atoms with Gasteiger partial charge >= 0.3 is 6.09 Å². The first-order valence-corrected chi connectivity index (χ1v) is 8.60. The number of carbonyl (C=O) groups is 2. The van der Waals surface area contributed by atoms with Crippen LogP contribution in [0.1, 0.15) is 31.2 Å². The van der Waals surface area contributed by atoms with Gasteiger partial charge in [0.1, 0.15) is 12.7 Å². The fourth-order valence-corrected chi connectivity index (χ4v) is 3.15. The number of ether oxygens (including phenoxy) is 2. The second kappa shape index (κ2) is 8.15. The Bertz CT molecular complexity index is 549. The van der Waals surface area contributed by atoms with Gasteiger partial charge in [-0.25, -0.2) is 4.79 Å². The van der Waals surface area contributed by atoms with Crippen LogP contribution >= 0.6 is 0 Å². The van der Waals surface area contributed by atoms with E-state index in [4.69, 9.17) is 9.47 Å². The number of piperidine rings is 1. The van der Waals surface area contributed by atoms with Gasteiger partial charge in [0.15, 0.2) is 0 Å². The third-order valence-electron chi connectivity index (χ3n) is 4.55. The topological polar surface area (TPSA) is 67.9 Å². The lowest BCUT2D eigenvalue weighted by Gasteiger charge is -2.33. The quantitative estimate of drug-likeness (QED) is 0.917. The van der Waals surface area contributed by atoms with Gasteiger partial charge in [-0.05, 0) is 31.2 Å². The predicted molar refractivity (Wildman–Crippen MR) is 88.3 cm³/mol. The summed E-state index contributed by atoms with van der Waals surface area (Å²) in [4.78, 5) is 26.0. The summed E-state index contributed by atoms with van der Waals surface area (Å²) < 4.78 is 10.7. The van der Waals surface area contributed by atoms with Gasteiger partial charge < -0.3 is 19.7 Å². The maximum absolute atomic E-state index is 12.3. The molecular formula is C18H24N2O4. The lowest BCUT2D eigenvalue weighted by Crippen LogP contribution is -2.49. The molecule has 2 saturated heterocycles. The number of likely N-dealkylation sites (tertiary alicyclic amines) is 1. The Morgan fingerprint density at radius 3 is 2.58 bits per heavy atom. The number of carbonyl (C=O) groups excluding carboxylic acids is 2. The molecule has 3 rings (SSSR count). The monoisotopic (exact) mass is 332 g/mol. The fourth-order valence-electron chi connectivity index (χ4n) is 3.15. The molecule has 2 aliphatic heterocycles. The molecule has 0 aliphatic carbocycles. The van der Waals surface area contributed by atoms with Crippen molar-refractivity contribution >= 4 is 12.0 Å². The number of nitrogens with one attached hydrogen (secondary N) is 1. The maximum Gasteiger partial charge on any atom is 0.407 e. The third-order valence-corrected chi connectivity index (χ3v) is 4.55. The zero-order chi connectivity index (χ0) is 16.8. The molecule has 0 saturated carbocycles. The minimum absolute atomic E-state index is 0.0572. The lowest BCUT2D eigenvalue weighted by molar-refractivity contribution is -0.142. The summed E-state index contributed by atoms with van der Waals surface area (Å²) in [5.74, 6) is 0.0950. The SMILES string of the molecule is O=C(NC1CCN(C(=O)C2CCCO2)CC1)OCc1ccccc1. The highest BCUT2D eigenvalue weighted by atomic mass is 16.5. The highest BCUT2D eigenvalue weighted by Gasteiger charge is 2.31. The largest absolute Gasteiger partial charge is 0.445 e. The zero-order valence-electron chi connectivity index (χ0n) is 13.8. The molecule has 1 N–H and O–H groups in total. The molecule has 1 aromatic carbocycles. The minimum atomic E-state index is -0.400. The van der Waals surface area contributed by atoms with Crippen molar-refractivity contribution in [2.75, 3.05) is 19.7 Å². The van der Waals surface area contributed by atoms with Crippen LogP contribution in [-0.2, 0) is 20.9 Å². The Hall–Kier alpha value is -2.08. The second-order valence-corrected chi connectivity index (χ2v) is 6.31. The van der Waals surface area contributed by atoms with Crippen molar-refractivity contribution in [3.8, 4) is 0 Å². The molecule has 2 fully saturated rings. The number of alkyl carbamates (subject to hydrolysis) is 1. The summed E-state index contributed by atoms with van der Waals surface area (Å²) >= 11 is 0. The molecule has 1 aromatic rings. The average molecular weight is 332 g/mol. The van der Waals surface area contributed by atoms with Gasteiger partial charge in [-0.2, -0.15) is 0 Å². The van der Waals surface area contributed by atoms with Gasteiger partial charge in [0, 0.05) is 25.7 Å². The van der Waals surface area contributed by atoms with Crippen LogP contribution in [-0.4, -0.2) is 48.7 Å². The van der Waals surface area contributed by atoms with Crippen molar-refractivity contribution in [3.63, 3.8) is 0 Å². The Morgan fingerprint density at radius 2 is 1.92 bits per heavy atom. The van der Waals surface area contributed by atoms with Gasteiger partial charge in [-0.15, -0.1) is 0 Å². The Labute approximate surface area is 142 Å². The van der Waals surface area contributed by atoms with Crippen molar-refractivity contribution in [3.05, 3.63) is 35.9 Å². The second-order valence-electron chi connectivity index (χ2n) is 6.31. The van der Waals surface area contributed by atoms with Crippen LogP contribution < -0.4 is 5.32 Å². The average Bonchev–Trinajstić information content (AvgIpc) is 3.16. The first-order chi connectivity index (χ1) is 11.7. The number of hydrogen-bond donors (Lipinski definition) is 1. The molecule has 0 spiro atoms. The minimum Gasteiger partial charge on any atom is -0.445 e. The molecule has 0 bridgehead atoms. The summed E-state index contributed by atoms with van der Waals surface area (Å²) in [6.45, 7) is 2.26. The fraction of sp³-hybridized carbons (Fsp3) is 0.556. The normalized spacial score (nSPS) is 21.5. The number of rotatable bonds is 4. The van der Waals surface area contributed by atoms with Gasteiger partial charge in [0.05, 0.1) is 0 Å². The van der Waals surface area contributed by atoms with E-state index in [1.165, 1.54) is 0 Å². The van der Waals surface area contributed by atoms with E-state index in [0.29, 0.717) is 19.7 Å². The summed E-state index contributed by atoms with van der Waals surface area (Å²) in [6.07, 6.45) is 2.62. The summed E-state index contributed by atoms with van der Waals surface area (Å²) in [5, 5.41) is 2.89. The summed E-state index contributed by atoms with van der Waals surface area (Å²) in [5.41, 5.74) is 0.963. The van der Waals surface area contributed by atoms with Crippen LogP contribution in [0.2, 0.25) is 0 Å². The van der Waals surface area contributed by atoms with Crippen molar-refractivity contribution in [2.45, 2.75) is 44.4 Å². The van der Waals surface area contributed by atoms with Crippen LogP contribution in [0.25, 0.3) is 0 Å². The van der Waals surface area contributed by atoms with Crippen molar-refractivity contribution in [1.29, 1.82) is 0 Å². The molecule has 1 atom stereocenters. The smallest absolute Gasteiger partial charge is 0.407 e. The highest BCUT2D eigenvalue weighted by molar-refractivity contribution is 5.81.